The molecule has 0 fully saturated rings. The van der Waals surface area contributed by atoms with Crippen molar-refractivity contribution in [2.45, 2.75) is 25.9 Å². The standard InChI is InChI=1S/C21H27N3O3/c1-4-26-20-13-15(9-10-19(20)25-3)14-23-21(22-2)24-17-11-12-27-18-8-6-5-7-16(17)18/h5-10,13,17H,4,11-12,14H2,1-3H3,(H2,22,23,24). The van der Waals surface area contributed by atoms with Crippen molar-refractivity contribution in [3.8, 4) is 17.2 Å². The van der Waals surface area contributed by atoms with E-state index in [1.54, 1.807) is 14.2 Å². The van der Waals surface area contributed by atoms with Crippen molar-refractivity contribution in [2.75, 3.05) is 27.4 Å². The number of aliphatic imine (C=N–C) groups is 1. The van der Waals surface area contributed by atoms with E-state index in [4.69, 9.17) is 14.2 Å². The Morgan fingerprint density at radius 2 is 2.07 bits per heavy atom. The summed E-state index contributed by atoms with van der Waals surface area (Å²) >= 11 is 0. The Balaban J connectivity index is 1.64. The Kier molecular flexibility index (Phi) is 6.41. The fourth-order valence-corrected chi connectivity index (χ4v) is 3.14. The van der Waals surface area contributed by atoms with Crippen LogP contribution in [0.5, 0.6) is 17.2 Å². The van der Waals surface area contributed by atoms with Gasteiger partial charge in [0.15, 0.2) is 17.5 Å². The first-order valence-corrected chi connectivity index (χ1v) is 9.23. The summed E-state index contributed by atoms with van der Waals surface area (Å²) < 4.78 is 16.7. The number of rotatable bonds is 6. The molecule has 0 aliphatic carbocycles. The lowest BCUT2D eigenvalue weighted by Crippen LogP contribution is -2.40. The third kappa shape index (κ3) is 4.64. The second-order valence-corrected chi connectivity index (χ2v) is 6.22. The summed E-state index contributed by atoms with van der Waals surface area (Å²) in [6.07, 6.45) is 0.898. The Morgan fingerprint density at radius 1 is 1.22 bits per heavy atom. The molecule has 0 saturated carbocycles. The summed E-state index contributed by atoms with van der Waals surface area (Å²) in [4.78, 5) is 4.36. The van der Waals surface area contributed by atoms with E-state index in [0.717, 1.165) is 40.8 Å². The zero-order valence-corrected chi connectivity index (χ0v) is 16.1. The molecular formula is C21H27N3O3. The van der Waals surface area contributed by atoms with Gasteiger partial charge in [0, 0.05) is 25.6 Å². The molecular weight excluding hydrogens is 342 g/mol. The number of methoxy groups -OCH3 is 1. The molecule has 0 saturated heterocycles. The van der Waals surface area contributed by atoms with Crippen molar-refractivity contribution in [2.24, 2.45) is 4.99 Å². The summed E-state index contributed by atoms with van der Waals surface area (Å²) in [5.41, 5.74) is 2.25. The first-order chi connectivity index (χ1) is 13.2. The molecule has 0 bridgehead atoms. The van der Waals surface area contributed by atoms with Crippen LogP contribution in [0.1, 0.15) is 30.5 Å². The van der Waals surface area contributed by atoms with Crippen LogP contribution in [0.4, 0.5) is 0 Å². The van der Waals surface area contributed by atoms with Gasteiger partial charge >= 0.3 is 0 Å². The van der Waals surface area contributed by atoms with Crippen LogP contribution in [-0.2, 0) is 6.54 Å². The molecule has 0 spiro atoms. The van der Waals surface area contributed by atoms with Gasteiger partial charge in [-0.25, -0.2) is 0 Å². The number of benzene rings is 2. The molecule has 3 rings (SSSR count). The molecule has 6 nitrogen and oxygen atoms in total. The zero-order valence-electron chi connectivity index (χ0n) is 16.1. The van der Waals surface area contributed by atoms with Crippen LogP contribution in [0, 0.1) is 0 Å². The van der Waals surface area contributed by atoms with Crippen molar-refractivity contribution >= 4 is 5.96 Å². The first-order valence-electron chi connectivity index (χ1n) is 9.23. The van der Waals surface area contributed by atoms with E-state index in [0.29, 0.717) is 19.8 Å². The Bertz CT molecular complexity index is 792. The molecule has 2 N–H and O–H groups in total. The number of fused-ring (bicyclic) bond motifs is 1. The lowest BCUT2D eigenvalue weighted by molar-refractivity contribution is 0.261. The van der Waals surface area contributed by atoms with Gasteiger partial charge in [-0.2, -0.15) is 0 Å². The fraction of sp³-hybridized carbons (Fsp3) is 0.381. The van der Waals surface area contributed by atoms with Gasteiger partial charge in [0.25, 0.3) is 0 Å². The smallest absolute Gasteiger partial charge is 0.191 e. The maximum atomic E-state index is 5.73. The number of hydrogen-bond acceptors (Lipinski definition) is 4. The van der Waals surface area contributed by atoms with Gasteiger partial charge in [-0.05, 0) is 30.7 Å². The quantitative estimate of drug-likeness (QED) is 0.604. The molecule has 1 aliphatic heterocycles. The van der Waals surface area contributed by atoms with Gasteiger partial charge in [0.05, 0.1) is 26.4 Å². The van der Waals surface area contributed by atoms with E-state index in [1.807, 2.05) is 43.3 Å². The minimum Gasteiger partial charge on any atom is -0.493 e. The fourth-order valence-electron chi connectivity index (χ4n) is 3.14. The average molecular weight is 369 g/mol. The number of hydrogen-bond donors (Lipinski definition) is 2. The molecule has 1 atom stereocenters. The van der Waals surface area contributed by atoms with Crippen LogP contribution in [-0.4, -0.2) is 33.3 Å². The Morgan fingerprint density at radius 3 is 2.85 bits per heavy atom. The monoisotopic (exact) mass is 369 g/mol. The minimum absolute atomic E-state index is 0.177. The highest BCUT2D eigenvalue weighted by atomic mass is 16.5. The summed E-state index contributed by atoms with van der Waals surface area (Å²) in [5.74, 6) is 3.18. The van der Waals surface area contributed by atoms with Gasteiger partial charge < -0.3 is 24.8 Å². The predicted molar refractivity (Wildman–Crippen MR) is 107 cm³/mol. The maximum absolute atomic E-state index is 5.73. The topological polar surface area (TPSA) is 64.1 Å². The highest BCUT2D eigenvalue weighted by Gasteiger charge is 2.21. The van der Waals surface area contributed by atoms with Crippen LogP contribution in [0.2, 0.25) is 0 Å². The van der Waals surface area contributed by atoms with Crippen molar-refractivity contribution in [1.82, 2.24) is 10.6 Å². The summed E-state index contributed by atoms with van der Waals surface area (Å²) in [7, 11) is 3.42. The molecule has 2 aromatic carbocycles. The predicted octanol–water partition coefficient (Wildman–Crippen LogP) is 3.28. The van der Waals surface area contributed by atoms with E-state index < -0.39 is 0 Å². The van der Waals surface area contributed by atoms with Crippen LogP contribution in [0.15, 0.2) is 47.5 Å². The second-order valence-electron chi connectivity index (χ2n) is 6.22. The molecule has 1 heterocycles. The molecule has 6 heteroatoms. The number of para-hydroxylation sites is 1. The van der Waals surface area contributed by atoms with E-state index in [9.17, 15) is 0 Å². The molecule has 144 valence electrons. The molecule has 0 aromatic heterocycles. The number of guanidine groups is 1. The lowest BCUT2D eigenvalue weighted by Gasteiger charge is -2.28. The minimum atomic E-state index is 0.177. The van der Waals surface area contributed by atoms with Crippen molar-refractivity contribution in [1.29, 1.82) is 0 Å². The normalized spacial score (nSPS) is 16.1. The third-order valence-electron chi connectivity index (χ3n) is 4.48. The Hall–Kier alpha value is -2.89. The van der Waals surface area contributed by atoms with E-state index in [1.165, 1.54) is 0 Å². The van der Waals surface area contributed by atoms with Gasteiger partial charge in [0.2, 0.25) is 0 Å². The van der Waals surface area contributed by atoms with Crippen molar-refractivity contribution in [3.05, 3.63) is 53.6 Å². The van der Waals surface area contributed by atoms with Crippen LogP contribution in [0.25, 0.3) is 0 Å². The number of nitrogens with one attached hydrogen (secondary N) is 2. The Labute approximate surface area is 160 Å². The number of nitrogens with zero attached hydrogens (tertiary/aromatic N) is 1. The molecule has 27 heavy (non-hydrogen) atoms. The van der Waals surface area contributed by atoms with E-state index in [2.05, 4.69) is 21.7 Å². The molecule has 0 radical (unpaired) electrons. The summed E-state index contributed by atoms with van der Waals surface area (Å²) in [6.45, 7) is 3.89. The SMILES string of the molecule is CCOc1cc(CNC(=NC)NC2CCOc3ccccc32)ccc1OC. The van der Waals surface area contributed by atoms with E-state index >= 15 is 0 Å². The van der Waals surface area contributed by atoms with Crippen molar-refractivity contribution < 1.29 is 14.2 Å². The second kappa shape index (κ2) is 9.16. The highest BCUT2D eigenvalue weighted by Crippen LogP contribution is 2.31. The van der Waals surface area contributed by atoms with E-state index in [-0.39, 0.29) is 6.04 Å². The lowest BCUT2D eigenvalue weighted by atomic mass is 10.0. The van der Waals surface area contributed by atoms with Crippen molar-refractivity contribution in [3.63, 3.8) is 0 Å². The van der Waals surface area contributed by atoms with Gasteiger partial charge in [-0.3, -0.25) is 4.99 Å². The summed E-state index contributed by atoms with van der Waals surface area (Å²) in [5, 5.41) is 6.87. The van der Waals surface area contributed by atoms with Crippen LogP contribution < -0.4 is 24.8 Å². The maximum Gasteiger partial charge on any atom is 0.191 e. The van der Waals surface area contributed by atoms with Crippen LogP contribution in [0.3, 0.4) is 0 Å². The summed E-state index contributed by atoms with van der Waals surface area (Å²) in [6, 6.07) is 14.2. The molecule has 1 unspecified atom stereocenters. The molecule has 1 aliphatic rings. The largest absolute Gasteiger partial charge is 0.493 e. The highest BCUT2D eigenvalue weighted by molar-refractivity contribution is 5.80. The molecule has 0 amide bonds. The number of ether oxygens (including phenoxy) is 3. The van der Waals surface area contributed by atoms with Gasteiger partial charge in [-0.1, -0.05) is 24.3 Å². The average Bonchev–Trinajstić information content (AvgIpc) is 2.71. The molecule has 2 aromatic rings. The van der Waals surface area contributed by atoms with Gasteiger partial charge in [-0.15, -0.1) is 0 Å². The third-order valence-corrected chi connectivity index (χ3v) is 4.48. The van der Waals surface area contributed by atoms with Gasteiger partial charge in [0.1, 0.15) is 5.75 Å². The van der Waals surface area contributed by atoms with Crippen LogP contribution >= 0.6 is 0 Å². The zero-order chi connectivity index (χ0) is 19.1. The first kappa shape index (κ1) is 18.9.